The van der Waals surface area contributed by atoms with E-state index in [1.54, 1.807) is 11.0 Å². The number of nitrogens with zero attached hydrogens (tertiary/aromatic N) is 6. The number of halogens is 1. The lowest BCUT2D eigenvalue weighted by molar-refractivity contribution is 0.141. The molecular formula is C15H17BrN6O2. The minimum atomic E-state index is -0.281. The molecular weight excluding hydrogens is 376 g/mol. The monoisotopic (exact) mass is 392 g/mol. The highest BCUT2D eigenvalue weighted by Crippen LogP contribution is 2.27. The first kappa shape index (κ1) is 16.6. The molecule has 0 saturated carbocycles. The molecule has 0 bridgehead atoms. The van der Waals surface area contributed by atoms with E-state index in [9.17, 15) is 0 Å². The standard InChI is InChI=1S/C15H17BrN6O2/c1-10(2)14(23-12-5-3-11(16)4-6-12)15-18-13(24-19-15)7-8-22-9-17-20-21-22/h3-6,9-10,14H,7-8H2,1-2H3. The van der Waals surface area contributed by atoms with Crippen LogP contribution in [0.4, 0.5) is 0 Å². The molecule has 1 aromatic carbocycles. The summed E-state index contributed by atoms with van der Waals surface area (Å²) in [4.78, 5) is 4.45. The van der Waals surface area contributed by atoms with Crippen LogP contribution in [0.2, 0.25) is 0 Å². The highest BCUT2D eigenvalue weighted by atomic mass is 79.9. The van der Waals surface area contributed by atoms with Gasteiger partial charge < -0.3 is 9.26 Å². The summed E-state index contributed by atoms with van der Waals surface area (Å²) in [6, 6.07) is 7.66. The number of rotatable bonds is 7. The van der Waals surface area contributed by atoms with Crippen LogP contribution in [-0.2, 0) is 13.0 Å². The van der Waals surface area contributed by atoms with E-state index in [-0.39, 0.29) is 12.0 Å². The first-order valence-corrected chi connectivity index (χ1v) is 8.36. The van der Waals surface area contributed by atoms with Gasteiger partial charge in [0.05, 0.1) is 6.54 Å². The van der Waals surface area contributed by atoms with Crippen LogP contribution in [0.25, 0.3) is 0 Å². The molecule has 1 atom stereocenters. The lowest BCUT2D eigenvalue weighted by Crippen LogP contribution is -2.16. The summed E-state index contributed by atoms with van der Waals surface area (Å²) in [5, 5.41) is 15.0. The maximum absolute atomic E-state index is 6.04. The summed E-state index contributed by atoms with van der Waals surface area (Å²) in [7, 11) is 0. The van der Waals surface area contributed by atoms with Crippen molar-refractivity contribution >= 4 is 15.9 Å². The van der Waals surface area contributed by atoms with Gasteiger partial charge >= 0.3 is 0 Å². The van der Waals surface area contributed by atoms with E-state index in [0.717, 1.165) is 10.2 Å². The normalized spacial score (nSPS) is 12.5. The third kappa shape index (κ3) is 4.16. The molecule has 0 aliphatic rings. The molecule has 0 N–H and O–H groups in total. The second kappa shape index (κ2) is 7.52. The first-order chi connectivity index (χ1) is 11.6. The Morgan fingerprint density at radius 2 is 2.04 bits per heavy atom. The van der Waals surface area contributed by atoms with Gasteiger partial charge in [0.25, 0.3) is 0 Å². The first-order valence-electron chi connectivity index (χ1n) is 7.57. The second-order valence-corrected chi connectivity index (χ2v) is 6.52. The zero-order chi connectivity index (χ0) is 16.9. The van der Waals surface area contributed by atoms with Crippen LogP contribution in [0.5, 0.6) is 5.75 Å². The van der Waals surface area contributed by atoms with Gasteiger partial charge in [0.15, 0.2) is 6.10 Å². The van der Waals surface area contributed by atoms with E-state index < -0.39 is 0 Å². The van der Waals surface area contributed by atoms with Gasteiger partial charge in [-0.15, -0.1) is 5.10 Å². The van der Waals surface area contributed by atoms with E-state index in [2.05, 4.69) is 55.4 Å². The van der Waals surface area contributed by atoms with Gasteiger partial charge in [-0.3, -0.25) is 0 Å². The summed E-state index contributed by atoms with van der Waals surface area (Å²) in [5.41, 5.74) is 0. The average molecular weight is 393 g/mol. The molecule has 0 aliphatic heterocycles. The molecule has 126 valence electrons. The molecule has 24 heavy (non-hydrogen) atoms. The Morgan fingerprint density at radius 1 is 1.25 bits per heavy atom. The molecule has 0 radical (unpaired) electrons. The van der Waals surface area contributed by atoms with Crippen LogP contribution >= 0.6 is 15.9 Å². The molecule has 2 heterocycles. The highest BCUT2D eigenvalue weighted by Gasteiger charge is 2.24. The predicted molar refractivity (Wildman–Crippen MR) is 88.2 cm³/mol. The molecule has 8 nitrogen and oxygen atoms in total. The summed E-state index contributed by atoms with van der Waals surface area (Å²) < 4.78 is 14.0. The molecule has 3 rings (SSSR count). The van der Waals surface area contributed by atoms with Crippen LogP contribution in [0.15, 0.2) is 39.6 Å². The SMILES string of the molecule is CC(C)C(Oc1ccc(Br)cc1)c1noc(CCn2cnnn2)n1. The second-order valence-electron chi connectivity index (χ2n) is 5.61. The van der Waals surface area contributed by atoms with Crippen molar-refractivity contribution in [2.45, 2.75) is 32.9 Å². The van der Waals surface area contributed by atoms with Crippen molar-refractivity contribution in [3.8, 4) is 5.75 Å². The largest absolute Gasteiger partial charge is 0.482 e. The maximum Gasteiger partial charge on any atom is 0.228 e. The molecule has 2 aromatic heterocycles. The molecule has 0 amide bonds. The summed E-state index contributed by atoms with van der Waals surface area (Å²) in [5.74, 6) is 2.03. The molecule has 0 aliphatic carbocycles. The van der Waals surface area contributed by atoms with E-state index in [1.165, 1.54) is 0 Å². The molecule has 0 spiro atoms. The Bertz CT molecular complexity index is 757. The van der Waals surface area contributed by atoms with Gasteiger partial charge in [0.1, 0.15) is 12.1 Å². The smallest absolute Gasteiger partial charge is 0.228 e. The number of aromatic nitrogens is 6. The summed E-state index contributed by atoms with van der Waals surface area (Å²) >= 11 is 3.41. The third-order valence-electron chi connectivity index (χ3n) is 3.37. The average Bonchev–Trinajstić information content (AvgIpc) is 3.23. The minimum absolute atomic E-state index is 0.193. The molecule has 0 fully saturated rings. The van der Waals surface area contributed by atoms with Crippen LogP contribution in [0.3, 0.4) is 0 Å². The number of aryl methyl sites for hydroxylation is 2. The van der Waals surface area contributed by atoms with Crippen LogP contribution < -0.4 is 4.74 Å². The van der Waals surface area contributed by atoms with Crippen LogP contribution in [0.1, 0.15) is 31.7 Å². The van der Waals surface area contributed by atoms with Crippen molar-refractivity contribution < 1.29 is 9.26 Å². The number of hydrogen-bond donors (Lipinski definition) is 0. The van der Waals surface area contributed by atoms with Crippen molar-refractivity contribution in [2.75, 3.05) is 0 Å². The van der Waals surface area contributed by atoms with Crippen molar-refractivity contribution in [1.82, 2.24) is 30.3 Å². The Kier molecular flexibility index (Phi) is 5.19. The van der Waals surface area contributed by atoms with Gasteiger partial charge in [-0.25, -0.2) is 4.68 Å². The lowest BCUT2D eigenvalue weighted by Gasteiger charge is -2.19. The third-order valence-corrected chi connectivity index (χ3v) is 3.90. The summed E-state index contributed by atoms with van der Waals surface area (Å²) in [6.45, 7) is 4.69. The van der Waals surface area contributed by atoms with Gasteiger partial charge in [0.2, 0.25) is 11.7 Å². The quantitative estimate of drug-likeness (QED) is 0.610. The number of benzene rings is 1. The van der Waals surface area contributed by atoms with Gasteiger partial charge in [-0.1, -0.05) is 34.9 Å². The van der Waals surface area contributed by atoms with Crippen LogP contribution in [0, 0.1) is 5.92 Å². The Balaban J connectivity index is 1.68. The Labute approximate surface area is 147 Å². The van der Waals surface area contributed by atoms with E-state index >= 15 is 0 Å². The van der Waals surface area contributed by atoms with E-state index in [4.69, 9.17) is 9.26 Å². The lowest BCUT2D eigenvalue weighted by atomic mass is 10.1. The van der Waals surface area contributed by atoms with Crippen molar-refractivity contribution in [2.24, 2.45) is 5.92 Å². The fourth-order valence-corrected chi connectivity index (χ4v) is 2.39. The molecule has 3 aromatic rings. The van der Waals surface area contributed by atoms with E-state index in [0.29, 0.717) is 24.7 Å². The van der Waals surface area contributed by atoms with E-state index in [1.807, 2.05) is 24.3 Å². The number of hydrogen-bond acceptors (Lipinski definition) is 7. The number of ether oxygens (including phenoxy) is 1. The fraction of sp³-hybridized carbons (Fsp3) is 0.400. The highest BCUT2D eigenvalue weighted by molar-refractivity contribution is 9.10. The summed E-state index contributed by atoms with van der Waals surface area (Å²) in [6.07, 6.45) is 1.82. The van der Waals surface area contributed by atoms with Crippen molar-refractivity contribution in [1.29, 1.82) is 0 Å². The zero-order valence-corrected chi connectivity index (χ0v) is 14.9. The molecule has 0 saturated heterocycles. The zero-order valence-electron chi connectivity index (χ0n) is 13.3. The topological polar surface area (TPSA) is 91.8 Å². The fourth-order valence-electron chi connectivity index (χ4n) is 2.12. The predicted octanol–water partition coefficient (Wildman–Crippen LogP) is 2.84. The van der Waals surface area contributed by atoms with Crippen molar-refractivity contribution in [3.05, 3.63) is 46.8 Å². The van der Waals surface area contributed by atoms with Gasteiger partial charge in [-0.05, 0) is 40.6 Å². The minimum Gasteiger partial charge on any atom is -0.482 e. The van der Waals surface area contributed by atoms with Crippen LogP contribution in [-0.4, -0.2) is 30.3 Å². The van der Waals surface area contributed by atoms with Crippen molar-refractivity contribution in [3.63, 3.8) is 0 Å². The van der Waals surface area contributed by atoms with Gasteiger partial charge in [0, 0.05) is 10.9 Å². The van der Waals surface area contributed by atoms with Gasteiger partial charge in [-0.2, -0.15) is 4.98 Å². The Hall–Kier alpha value is -2.29. The number of tetrazole rings is 1. The Morgan fingerprint density at radius 3 is 2.71 bits per heavy atom. The molecule has 9 heteroatoms. The maximum atomic E-state index is 6.04. The molecule has 1 unspecified atom stereocenters.